The average molecular weight is 450 g/mol. The third-order valence-electron chi connectivity index (χ3n) is 4.24. The molecule has 1 N–H and O–H groups in total. The summed E-state index contributed by atoms with van der Waals surface area (Å²) in [5, 5.41) is 9.79. The van der Waals surface area contributed by atoms with Crippen molar-refractivity contribution in [1.29, 1.82) is 0 Å². The Hall–Kier alpha value is -3.76. The van der Waals surface area contributed by atoms with Gasteiger partial charge >= 0.3 is 12.1 Å². The van der Waals surface area contributed by atoms with Crippen molar-refractivity contribution in [3.8, 4) is 11.4 Å². The number of halogens is 4. The number of benzene rings is 2. The third kappa shape index (κ3) is 6.13. The van der Waals surface area contributed by atoms with Crippen LogP contribution in [0, 0.1) is 5.82 Å². The standard InChI is InChI=1S/C21H18F4N4O3/c1-13(10-11-26-31-12-16-4-2-3-5-17(16)22)27-19(30)15-8-6-14(7-9-15)18-28-20(32-29-18)21(23,24)25/h2-9,11,13H,10,12H2,1H3,(H,27,30)/b26-11+. The van der Waals surface area contributed by atoms with Gasteiger partial charge in [0.1, 0.15) is 12.4 Å². The lowest BCUT2D eigenvalue weighted by atomic mass is 10.1. The van der Waals surface area contributed by atoms with E-state index < -0.39 is 12.1 Å². The number of carbonyl (C=O) groups is 1. The predicted octanol–water partition coefficient (Wildman–Crippen LogP) is 4.61. The summed E-state index contributed by atoms with van der Waals surface area (Å²) in [6.07, 6.45) is -2.90. The summed E-state index contributed by atoms with van der Waals surface area (Å²) in [6, 6.07) is 11.6. The van der Waals surface area contributed by atoms with E-state index in [4.69, 9.17) is 4.84 Å². The van der Waals surface area contributed by atoms with E-state index in [1.165, 1.54) is 36.5 Å². The van der Waals surface area contributed by atoms with Crippen molar-refractivity contribution < 1.29 is 31.7 Å². The van der Waals surface area contributed by atoms with Gasteiger partial charge < -0.3 is 14.7 Å². The SMILES string of the molecule is CC(C/C=N/OCc1ccccc1F)NC(=O)c1ccc(-c2noc(C(F)(F)F)n2)cc1. The van der Waals surface area contributed by atoms with Crippen molar-refractivity contribution in [2.24, 2.45) is 5.16 Å². The van der Waals surface area contributed by atoms with E-state index in [0.29, 0.717) is 17.5 Å². The summed E-state index contributed by atoms with van der Waals surface area (Å²) >= 11 is 0. The number of hydrogen-bond acceptors (Lipinski definition) is 6. The van der Waals surface area contributed by atoms with Crippen LogP contribution in [0.3, 0.4) is 0 Å². The lowest BCUT2D eigenvalue weighted by Gasteiger charge is -2.11. The molecule has 1 amide bonds. The Morgan fingerprint density at radius 3 is 2.59 bits per heavy atom. The summed E-state index contributed by atoms with van der Waals surface area (Å²) in [5.41, 5.74) is 0.950. The van der Waals surface area contributed by atoms with Gasteiger partial charge in [-0.2, -0.15) is 18.2 Å². The van der Waals surface area contributed by atoms with E-state index in [1.54, 1.807) is 25.1 Å². The molecule has 0 fully saturated rings. The highest BCUT2D eigenvalue weighted by atomic mass is 19.4. The van der Waals surface area contributed by atoms with Gasteiger partial charge in [0.25, 0.3) is 5.91 Å². The molecular weight excluding hydrogens is 432 g/mol. The molecule has 7 nitrogen and oxygen atoms in total. The maximum Gasteiger partial charge on any atom is 0.471 e. The minimum absolute atomic E-state index is 0.0128. The molecule has 0 radical (unpaired) electrons. The second-order valence-electron chi connectivity index (χ2n) is 6.76. The van der Waals surface area contributed by atoms with E-state index in [9.17, 15) is 22.4 Å². The third-order valence-corrected chi connectivity index (χ3v) is 4.24. The molecule has 1 heterocycles. The molecule has 0 spiro atoms. The number of rotatable bonds is 8. The Kier molecular flexibility index (Phi) is 7.18. The van der Waals surface area contributed by atoms with Crippen LogP contribution >= 0.6 is 0 Å². The zero-order valence-electron chi connectivity index (χ0n) is 16.8. The molecule has 168 valence electrons. The predicted molar refractivity (Wildman–Crippen MR) is 106 cm³/mol. The minimum atomic E-state index is -4.73. The van der Waals surface area contributed by atoms with Gasteiger partial charge in [-0.05, 0) is 25.1 Å². The van der Waals surface area contributed by atoms with Crippen LogP contribution in [0.15, 0.2) is 58.2 Å². The van der Waals surface area contributed by atoms with Gasteiger partial charge in [-0.15, -0.1) is 0 Å². The molecule has 0 bridgehead atoms. The van der Waals surface area contributed by atoms with E-state index in [0.717, 1.165) is 0 Å². The lowest BCUT2D eigenvalue weighted by Crippen LogP contribution is -2.32. The zero-order chi connectivity index (χ0) is 23.1. The van der Waals surface area contributed by atoms with Crippen LogP contribution in [0.5, 0.6) is 0 Å². The smallest absolute Gasteiger partial charge is 0.391 e. The van der Waals surface area contributed by atoms with Gasteiger partial charge in [0.05, 0.1) is 0 Å². The molecule has 0 aliphatic heterocycles. The molecule has 11 heteroatoms. The number of nitrogens with one attached hydrogen (secondary N) is 1. The van der Waals surface area contributed by atoms with Crippen LogP contribution in [-0.2, 0) is 17.6 Å². The number of amides is 1. The van der Waals surface area contributed by atoms with Crippen LogP contribution in [0.25, 0.3) is 11.4 Å². The number of oxime groups is 1. The Balaban J connectivity index is 1.47. The zero-order valence-corrected chi connectivity index (χ0v) is 16.8. The number of nitrogens with zero attached hydrogens (tertiary/aromatic N) is 3. The molecule has 0 aliphatic rings. The number of carbonyl (C=O) groups excluding carboxylic acids is 1. The Bertz CT molecular complexity index is 1080. The fraction of sp³-hybridized carbons (Fsp3) is 0.238. The minimum Gasteiger partial charge on any atom is -0.391 e. The molecule has 0 aliphatic carbocycles. The Morgan fingerprint density at radius 2 is 1.94 bits per heavy atom. The monoisotopic (exact) mass is 450 g/mol. The van der Waals surface area contributed by atoms with Crippen molar-refractivity contribution >= 4 is 12.1 Å². The molecule has 1 aromatic heterocycles. The largest absolute Gasteiger partial charge is 0.471 e. The van der Waals surface area contributed by atoms with Gasteiger partial charge in [0.2, 0.25) is 5.82 Å². The normalized spacial score (nSPS) is 12.7. The number of aromatic nitrogens is 2. The van der Waals surface area contributed by atoms with E-state index in [1.807, 2.05) is 0 Å². The Labute approximate surface area is 180 Å². The molecule has 0 saturated heterocycles. The lowest BCUT2D eigenvalue weighted by molar-refractivity contribution is -0.159. The molecule has 3 rings (SSSR count). The molecular formula is C21H18F4N4O3. The summed E-state index contributed by atoms with van der Waals surface area (Å²) in [6.45, 7) is 1.74. The first kappa shape index (κ1) is 22.9. The fourth-order valence-electron chi connectivity index (χ4n) is 2.57. The fourth-order valence-corrected chi connectivity index (χ4v) is 2.57. The molecule has 2 aromatic carbocycles. The van der Waals surface area contributed by atoms with E-state index >= 15 is 0 Å². The summed E-state index contributed by atoms with van der Waals surface area (Å²) in [4.78, 5) is 20.7. The van der Waals surface area contributed by atoms with Gasteiger partial charge in [-0.1, -0.05) is 40.6 Å². The van der Waals surface area contributed by atoms with Crippen LogP contribution in [0.1, 0.15) is 35.2 Å². The van der Waals surface area contributed by atoms with Gasteiger partial charge in [-0.25, -0.2) is 4.39 Å². The van der Waals surface area contributed by atoms with Crippen molar-refractivity contribution in [3.05, 3.63) is 71.4 Å². The highest BCUT2D eigenvalue weighted by molar-refractivity contribution is 5.94. The van der Waals surface area contributed by atoms with E-state index in [-0.39, 0.29) is 35.8 Å². The van der Waals surface area contributed by atoms with Gasteiger partial charge in [0.15, 0.2) is 0 Å². The maximum absolute atomic E-state index is 13.5. The Morgan fingerprint density at radius 1 is 1.22 bits per heavy atom. The molecule has 0 saturated carbocycles. The first-order chi connectivity index (χ1) is 15.2. The molecule has 1 atom stereocenters. The first-order valence-electron chi connectivity index (χ1n) is 9.43. The van der Waals surface area contributed by atoms with Crippen molar-refractivity contribution in [2.75, 3.05) is 0 Å². The van der Waals surface area contributed by atoms with Crippen molar-refractivity contribution in [3.63, 3.8) is 0 Å². The van der Waals surface area contributed by atoms with E-state index in [2.05, 4.69) is 25.1 Å². The summed E-state index contributed by atoms with van der Waals surface area (Å²) in [7, 11) is 0. The quantitative estimate of drug-likeness (QED) is 0.308. The van der Waals surface area contributed by atoms with Crippen molar-refractivity contribution in [2.45, 2.75) is 32.2 Å². The second kappa shape index (κ2) is 10.0. The van der Waals surface area contributed by atoms with Crippen LogP contribution < -0.4 is 5.32 Å². The maximum atomic E-state index is 13.5. The highest BCUT2D eigenvalue weighted by Crippen LogP contribution is 2.29. The first-order valence-corrected chi connectivity index (χ1v) is 9.43. The molecule has 32 heavy (non-hydrogen) atoms. The van der Waals surface area contributed by atoms with Crippen LogP contribution in [0.2, 0.25) is 0 Å². The van der Waals surface area contributed by atoms with Crippen molar-refractivity contribution in [1.82, 2.24) is 15.5 Å². The number of alkyl halides is 3. The topological polar surface area (TPSA) is 89.6 Å². The summed E-state index contributed by atoms with van der Waals surface area (Å²) < 4.78 is 55.3. The van der Waals surface area contributed by atoms with Crippen LogP contribution in [-0.4, -0.2) is 28.3 Å². The molecule has 1 unspecified atom stereocenters. The van der Waals surface area contributed by atoms with Gasteiger partial charge in [0, 0.05) is 35.4 Å². The highest BCUT2D eigenvalue weighted by Gasteiger charge is 2.38. The van der Waals surface area contributed by atoms with Crippen LogP contribution in [0.4, 0.5) is 17.6 Å². The number of hydrogen-bond donors (Lipinski definition) is 1. The molecule has 3 aromatic rings. The average Bonchev–Trinajstić information content (AvgIpc) is 3.26. The summed E-state index contributed by atoms with van der Waals surface area (Å²) in [5.74, 6) is -2.43. The van der Waals surface area contributed by atoms with Gasteiger partial charge in [-0.3, -0.25) is 4.79 Å². The second-order valence-corrected chi connectivity index (χ2v) is 6.76.